The quantitative estimate of drug-likeness (QED) is 0.351. The number of rotatable bonds is 3. The van der Waals surface area contributed by atoms with Gasteiger partial charge in [-0.2, -0.15) is 0 Å². The third kappa shape index (κ3) is 3.01. The Bertz CT molecular complexity index is 829. The number of hydrogen-bond donors (Lipinski definition) is 6. The van der Waals surface area contributed by atoms with Gasteiger partial charge in [-0.3, -0.25) is 0 Å². The Labute approximate surface area is 139 Å². The van der Waals surface area contributed by atoms with Crippen LogP contribution >= 0.6 is 0 Å². The molecule has 5 atom stereocenters. The van der Waals surface area contributed by atoms with Gasteiger partial charge in [0.25, 0.3) is 0 Å². The van der Waals surface area contributed by atoms with E-state index in [4.69, 9.17) is 19.0 Å². The highest BCUT2D eigenvalue weighted by Gasteiger charge is 2.44. The summed E-state index contributed by atoms with van der Waals surface area (Å²) in [5, 5.41) is 57.7. The molecule has 1 fully saturated rings. The van der Waals surface area contributed by atoms with Crippen LogP contribution in [0.15, 0.2) is 27.4 Å². The van der Waals surface area contributed by atoms with E-state index in [1.807, 2.05) is 0 Å². The van der Waals surface area contributed by atoms with Crippen molar-refractivity contribution in [3.8, 4) is 17.2 Å². The van der Waals surface area contributed by atoms with E-state index >= 15 is 0 Å². The zero-order chi connectivity index (χ0) is 18.3. The Morgan fingerprint density at radius 1 is 1.04 bits per heavy atom. The van der Waals surface area contributed by atoms with E-state index in [9.17, 15) is 30.3 Å². The average molecular weight is 356 g/mol. The molecule has 0 radical (unpaired) electrons. The first-order valence-corrected chi connectivity index (χ1v) is 7.29. The molecule has 1 aliphatic rings. The highest BCUT2D eigenvalue weighted by atomic mass is 16.7. The summed E-state index contributed by atoms with van der Waals surface area (Å²) in [6.45, 7) is -0.607. The Morgan fingerprint density at radius 2 is 1.76 bits per heavy atom. The van der Waals surface area contributed by atoms with Crippen LogP contribution in [-0.4, -0.2) is 68.0 Å². The molecule has 136 valence electrons. The van der Waals surface area contributed by atoms with Gasteiger partial charge in [0.05, 0.1) is 12.0 Å². The molecule has 0 bridgehead atoms. The third-order valence-electron chi connectivity index (χ3n) is 3.93. The lowest BCUT2D eigenvalue weighted by Gasteiger charge is -2.39. The lowest BCUT2D eigenvalue weighted by Crippen LogP contribution is -2.60. The van der Waals surface area contributed by atoms with Crippen LogP contribution in [0.1, 0.15) is 0 Å². The molecule has 0 unspecified atom stereocenters. The van der Waals surface area contributed by atoms with E-state index in [1.54, 1.807) is 0 Å². The zero-order valence-electron chi connectivity index (χ0n) is 12.6. The summed E-state index contributed by atoms with van der Waals surface area (Å²) in [5.41, 5.74) is -1.24. The van der Waals surface area contributed by atoms with Crippen LogP contribution in [0.4, 0.5) is 0 Å². The van der Waals surface area contributed by atoms with Crippen LogP contribution in [-0.2, 0) is 4.74 Å². The van der Waals surface area contributed by atoms with Gasteiger partial charge in [-0.1, -0.05) is 0 Å². The van der Waals surface area contributed by atoms with Gasteiger partial charge in [0, 0.05) is 6.07 Å². The van der Waals surface area contributed by atoms with Crippen molar-refractivity contribution in [3.63, 3.8) is 0 Å². The van der Waals surface area contributed by atoms with E-state index in [0.717, 1.165) is 0 Å². The largest absolute Gasteiger partial charge is 0.504 e. The maximum Gasteiger partial charge on any atom is 0.382 e. The minimum Gasteiger partial charge on any atom is -0.504 e. The van der Waals surface area contributed by atoms with Crippen LogP contribution in [0.3, 0.4) is 0 Å². The third-order valence-corrected chi connectivity index (χ3v) is 3.93. The van der Waals surface area contributed by atoms with Crippen LogP contribution in [0.5, 0.6) is 17.2 Å². The number of hydrogen-bond acceptors (Lipinski definition) is 10. The summed E-state index contributed by atoms with van der Waals surface area (Å²) in [6, 6.07) is 3.84. The van der Waals surface area contributed by atoms with Gasteiger partial charge in [0.2, 0.25) is 12.0 Å². The molecule has 10 heteroatoms. The second kappa shape index (κ2) is 6.50. The second-order valence-electron chi connectivity index (χ2n) is 5.56. The summed E-state index contributed by atoms with van der Waals surface area (Å²) >= 11 is 0. The van der Waals surface area contributed by atoms with Gasteiger partial charge in [-0.15, -0.1) is 0 Å². The molecule has 1 aliphatic heterocycles. The predicted molar refractivity (Wildman–Crippen MR) is 80.2 cm³/mol. The van der Waals surface area contributed by atoms with Crippen molar-refractivity contribution in [3.05, 3.63) is 28.6 Å². The molecule has 6 N–H and O–H groups in total. The summed E-state index contributed by atoms with van der Waals surface area (Å²) in [5.74, 6) is -1.52. The molecule has 2 heterocycles. The van der Waals surface area contributed by atoms with Crippen molar-refractivity contribution in [2.24, 2.45) is 0 Å². The number of fused-ring (bicyclic) bond motifs is 1. The van der Waals surface area contributed by atoms with Crippen molar-refractivity contribution < 1.29 is 44.5 Å². The van der Waals surface area contributed by atoms with Gasteiger partial charge in [-0.25, -0.2) is 4.79 Å². The minimum atomic E-state index is -1.60. The number of aliphatic hydroxyl groups is 4. The van der Waals surface area contributed by atoms with Crippen LogP contribution in [0, 0.1) is 0 Å². The second-order valence-corrected chi connectivity index (χ2v) is 5.56. The Kier molecular flexibility index (Phi) is 4.54. The first kappa shape index (κ1) is 17.5. The fourth-order valence-electron chi connectivity index (χ4n) is 2.53. The first-order valence-electron chi connectivity index (χ1n) is 7.29. The number of ether oxygens (including phenoxy) is 2. The summed E-state index contributed by atoms with van der Waals surface area (Å²) < 4.78 is 15.4. The molecular formula is C15H16O10. The van der Waals surface area contributed by atoms with E-state index in [-0.39, 0.29) is 16.7 Å². The smallest absolute Gasteiger partial charge is 0.382 e. The minimum absolute atomic E-state index is 0.0464. The van der Waals surface area contributed by atoms with Gasteiger partial charge in [-0.05, 0) is 12.1 Å². The van der Waals surface area contributed by atoms with Crippen LogP contribution < -0.4 is 10.4 Å². The maximum atomic E-state index is 11.4. The normalized spacial score (nSPS) is 29.7. The van der Waals surface area contributed by atoms with Crippen molar-refractivity contribution in [1.82, 2.24) is 0 Å². The van der Waals surface area contributed by atoms with Crippen LogP contribution in [0.2, 0.25) is 0 Å². The number of aromatic hydroxyl groups is 2. The van der Waals surface area contributed by atoms with Crippen LogP contribution in [0.25, 0.3) is 11.0 Å². The summed E-state index contributed by atoms with van der Waals surface area (Å²) in [7, 11) is 0. The molecule has 0 saturated carbocycles. The average Bonchev–Trinajstić information content (AvgIpc) is 2.60. The van der Waals surface area contributed by atoms with E-state index in [0.29, 0.717) is 0 Å². The molecule has 2 aromatic rings. The lowest BCUT2D eigenvalue weighted by molar-refractivity contribution is -0.277. The SMILES string of the molecule is O=c1oc2cc(O[C@@H]3O[C@H](CO)[C@@H](O)[C@H](O)[C@H]3O)ccc2c(O)c1O. The monoisotopic (exact) mass is 356 g/mol. The summed E-state index contributed by atoms with van der Waals surface area (Å²) in [4.78, 5) is 11.4. The molecule has 0 spiro atoms. The molecule has 1 aromatic carbocycles. The Morgan fingerprint density at radius 3 is 2.44 bits per heavy atom. The predicted octanol–water partition coefficient (Wildman–Crippen LogP) is -1.62. The van der Waals surface area contributed by atoms with Crippen molar-refractivity contribution in [2.45, 2.75) is 30.7 Å². The molecular weight excluding hydrogens is 340 g/mol. The van der Waals surface area contributed by atoms with Crippen molar-refractivity contribution >= 4 is 11.0 Å². The molecule has 0 aliphatic carbocycles. The first-order chi connectivity index (χ1) is 11.8. The highest BCUT2D eigenvalue weighted by molar-refractivity contribution is 5.86. The maximum absolute atomic E-state index is 11.4. The van der Waals surface area contributed by atoms with Gasteiger partial charge in [0.15, 0.2) is 5.75 Å². The van der Waals surface area contributed by atoms with E-state index in [2.05, 4.69) is 0 Å². The molecule has 3 rings (SSSR count). The molecule has 10 nitrogen and oxygen atoms in total. The van der Waals surface area contributed by atoms with E-state index < -0.39 is 54.4 Å². The summed E-state index contributed by atoms with van der Waals surface area (Å²) in [6.07, 6.45) is -7.27. The van der Waals surface area contributed by atoms with Gasteiger partial charge < -0.3 is 44.5 Å². The standard InChI is InChI=1S/C15H16O10/c16-4-8-10(18)11(19)13(21)15(25-8)23-5-1-2-6-7(3-5)24-14(22)12(20)9(6)17/h1-3,8,10-11,13,15-21H,4H2/t8-,10-,11+,13-,15-/m1/s1. The fraction of sp³-hybridized carbons (Fsp3) is 0.400. The highest BCUT2D eigenvalue weighted by Crippen LogP contribution is 2.33. The van der Waals surface area contributed by atoms with Gasteiger partial charge in [0.1, 0.15) is 35.7 Å². The number of benzene rings is 1. The molecule has 1 saturated heterocycles. The number of aliphatic hydroxyl groups excluding tert-OH is 4. The topological polar surface area (TPSA) is 170 Å². The zero-order valence-corrected chi connectivity index (χ0v) is 12.6. The van der Waals surface area contributed by atoms with Gasteiger partial charge >= 0.3 is 5.63 Å². The van der Waals surface area contributed by atoms with Crippen molar-refractivity contribution in [1.29, 1.82) is 0 Å². The Balaban J connectivity index is 1.90. The Hall–Kier alpha value is -2.37. The molecule has 1 aromatic heterocycles. The lowest BCUT2D eigenvalue weighted by atomic mass is 9.99. The molecule has 25 heavy (non-hydrogen) atoms. The molecule has 0 amide bonds. The van der Waals surface area contributed by atoms with Crippen molar-refractivity contribution in [2.75, 3.05) is 6.61 Å². The van der Waals surface area contributed by atoms with E-state index in [1.165, 1.54) is 18.2 Å². The fourth-order valence-corrected chi connectivity index (χ4v) is 2.53.